The molecular weight excluding hydrogens is 209 g/mol. The zero-order chi connectivity index (χ0) is 9.68. The number of nitrogens with one attached hydrogen (secondary N) is 1. The van der Waals surface area contributed by atoms with Crippen LogP contribution in [-0.2, 0) is 0 Å². The summed E-state index contributed by atoms with van der Waals surface area (Å²) < 4.78 is 0. The van der Waals surface area contributed by atoms with Gasteiger partial charge in [0.05, 0.1) is 17.4 Å². The van der Waals surface area contributed by atoms with E-state index in [4.69, 9.17) is 23.2 Å². The standard InChI is InChI=1S/C8H11Cl2N3/c1-6(2-9)3-11-8-12-4-7(10)5-13-8/h4-6H,2-3H2,1H3,(H,11,12,13). The average molecular weight is 220 g/mol. The Labute approximate surface area is 87.5 Å². The van der Waals surface area contributed by atoms with Gasteiger partial charge in [0.2, 0.25) is 5.95 Å². The minimum absolute atomic E-state index is 0.404. The molecule has 72 valence electrons. The van der Waals surface area contributed by atoms with Gasteiger partial charge in [-0.05, 0) is 5.92 Å². The minimum atomic E-state index is 0.404. The molecule has 3 nitrogen and oxygen atoms in total. The van der Waals surface area contributed by atoms with Crippen molar-refractivity contribution >= 4 is 29.2 Å². The quantitative estimate of drug-likeness (QED) is 0.791. The van der Waals surface area contributed by atoms with Crippen LogP contribution in [0, 0.1) is 5.92 Å². The summed E-state index contributed by atoms with van der Waals surface area (Å²) in [5.41, 5.74) is 0. The summed E-state index contributed by atoms with van der Waals surface area (Å²) in [5, 5.41) is 3.60. The molecule has 0 amide bonds. The van der Waals surface area contributed by atoms with Gasteiger partial charge in [-0.1, -0.05) is 18.5 Å². The predicted octanol–water partition coefficient (Wildman–Crippen LogP) is 2.42. The lowest BCUT2D eigenvalue weighted by atomic mass is 10.2. The van der Waals surface area contributed by atoms with E-state index in [1.807, 2.05) is 0 Å². The summed E-state index contributed by atoms with van der Waals surface area (Å²) >= 11 is 11.3. The fraction of sp³-hybridized carbons (Fsp3) is 0.500. The van der Waals surface area contributed by atoms with Crippen LogP contribution in [0.1, 0.15) is 6.92 Å². The first-order chi connectivity index (χ1) is 6.22. The van der Waals surface area contributed by atoms with Crippen LogP contribution in [0.15, 0.2) is 12.4 Å². The highest BCUT2D eigenvalue weighted by atomic mass is 35.5. The van der Waals surface area contributed by atoms with Crippen molar-refractivity contribution in [2.24, 2.45) is 5.92 Å². The lowest BCUT2D eigenvalue weighted by Crippen LogP contribution is -2.13. The molecule has 0 aromatic carbocycles. The fourth-order valence-corrected chi connectivity index (χ4v) is 0.930. The maximum atomic E-state index is 5.64. The maximum absolute atomic E-state index is 5.64. The number of aromatic nitrogens is 2. The maximum Gasteiger partial charge on any atom is 0.222 e. The van der Waals surface area contributed by atoms with E-state index >= 15 is 0 Å². The second-order valence-corrected chi connectivity index (χ2v) is 3.61. The minimum Gasteiger partial charge on any atom is -0.354 e. The van der Waals surface area contributed by atoms with Crippen molar-refractivity contribution in [2.45, 2.75) is 6.92 Å². The van der Waals surface area contributed by atoms with E-state index in [0.29, 0.717) is 22.8 Å². The Morgan fingerprint density at radius 1 is 1.46 bits per heavy atom. The Bertz CT molecular complexity index is 250. The zero-order valence-corrected chi connectivity index (χ0v) is 8.81. The van der Waals surface area contributed by atoms with E-state index in [1.165, 1.54) is 0 Å². The summed E-state index contributed by atoms with van der Waals surface area (Å²) in [6.07, 6.45) is 3.12. The van der Waals surface area contributed by atoms with E-state index in [0.717, 1.165) is 6.54 Å². The van der Waals surface area contributed by atoms with Crippen molar-refractivity contribution in [1.82, 2.24) is 9.97 Å². The largest absolute Gasteiger partial charge is 0.354 e. The van der Waals surface area contributed by atoms with Crippen molar-refractivity contribution < 1.29 is 0 Å². The molecule has 0 aliphatic carbocycles. The van der Waals surface area contributed by atoms with Crippen LogP contribution in [-0.4, -0.2) is 22.4 Å². The highest BCUT2D eigenvalue weighted by molar-refractivity contribution is 6.30. The molecule has 0 fully saturated rings. The Balaban J connectivity index is 2.41. The van der Waals surface area contributed by atoms with Gasteiger partial charge in [-0.15, -0.1) is 11.6 Å². The second-order valence-electron chi connectivity index (χ2n) is 2.87. The molecule has 1 atom stereocenters. The molecule has 0 aliphatic rings. The number of halogens is 2. The van der Waals surface area contributed by atoms with Crippen LogP contribution >= 0.6 is 23.2 Å². The summed E-state index contributed by atoms with van der Waals surface area (Å²) in [6, 6.07) is 0. The monoisotopic (exact) mass is 219 g/mol. The van der Waals surface area contributed by atoms with E-state index in [9.17, 15) is 0 Å². The van der Waals surface area contributed by atoms with Crippen LogP contribution in [0.4, 0.5) is 5.95 Å². The topological polar surface area (TPSA) is 37.8 Å². The lowest BCUT2D eigenvalue weighted by Gasteiger charge is -2.08. The van der Waals surface area contributed by atoms with Crippen LogP contribution in [0.3, 0.4) is 0 Å². The zero-order valence-electron chi connectivity index (χ0n) is 7.30. The molecular formula is C8H11Cl2N3. The van der Waals surface area contributed by atoms with Crippen LogP contribution in [0.2, 0.25) is 5.02 Å². The molecule has 1 unspecified atom stereocenters. The molecule has 0 saturated heterocycles. The van der Waals surface area contributed by atoms with Crippen LogP contribution < -0.4 is 5.32 Å². The normalized spacial score (nSPS) is 12.5. The van der Waals surface area contributed by atoms with Gasteiger partial charge >= 0.3 is 0 Å². The van der Waals surface area contributed by atoms with Crippen molar-refractivity contribution in [1.29, 1.82) is 0 Å². The van der Waals surface area contributed by atoms with Crippen LogP contribution in [0.5, 0.6) is 0 Å². The molecule has 0 aliphatic heterocycles. The molecule has 1 aromatic rings. The van der Waals surface area contributed by atoms with Crippen molar-refractivity contribution in [3.63, 3.8) is 0 Å². The van der Waals surface area contributed by atoms with E-state index in [-0.39, 0.29) is 0 Å². The third kappa shape index (κ3) is 3.79. The van der Waals surface area contributed by atoms with Crippen molar-refractivity contribution in [3.05, 3.63) is 17.4 Å². The van der Waals surface area contributed by atoms with Gasteiger partial charge in [0, 0.05) is 12.4 Å². The number of nitrogens with zero attached hydrogens (tertiary/aromatic N) is 2. The van der Waals surface area contributed by atoms with Gasteiger partial charge in [0.25, 0.3) is 0 Å². The molecule has 0 spiro atoms. The Hall–Kier alpha value is -0.540. The Morgan fingerprint density at radius 2 is 2.08 bits per heavy atom. The first-order valence-corrected chi connectivity index (χ1v) is 4.91. The molecule has 1 heterocycles. The summed E-state index contributed by atoms with van der Waals surface area (Å²) in [5.74, 6) is 1.61. The number of alkyl halides is 1. The first kappa shape index (κ1) is 10.5. The first-order valence-electron chi connectivity index (χ1n) is 3.99. The van der Waals surface area contributed by atoms with E-state index in [1.54, 1.807) is 12.4 Å². The molecule has 1 rings (SSSR count). The van der Waals surface area contributed by atoms with E-state index in [2.05, 4.69) is 22.2 Å². The summed E-state index contributed by atoms with van der Waals surface area (Å²) in [7, 11) is 0. The third-order valence-corrected chi connectivity index (χ3v) is 2.21. The molecule has 13 heavy (non-hydrogen) atoms. The number of hydrogen-bond acceptors (Lipinski definition) is 3. The summed E-state index contributed by atoms with van der Waals surface area (Å²) in [4.78, 5) is 7.97. The highest BCUT2D eigenvalue weighted by Gasteiger charge is 2.00. The number of anilines is 1. The molecule has 0 saturated carbocycles. The molecule has 0 radical (unpaired) electrons. The number of hydrogen-bond donors (Lipinski definition) is 1. The molecule has 1 aromatic heterocycles. The Morgan fingerprint density at radius 3 is 2.62 bits per heavy atom. The SMILES string of the molecule is CC(CCl)CNc1ncc(Cl)cn1. The van der Waals surface area contributed by atoms with Gasteiger partial charge in [-0.3, -0.25) is 0 Å². The molecule has 5 heteroatoms. The van der Waals surface area contributed by atoms with Gasteiger partial charge in [0.15, 0.2) is 0 Å². The average Bonchev–Trinajstić information content (AvgIpc) is 2.16. The molecule has 1 N–H and O–H groups in total. The van der Waals surface area contributed by atoms with Crippen molar-refractivity contribution in [3.8, 4) is 0 Å². The van der Waals surface area contributed by atoms with Gasteiger partial charge < -0.3 is 5.32 Å². The highest BCUT2D eigenvalue weighted by Crippen LogP contribution is 2.06. The molecule has 0 bridgehead atoms. The third-order valence-electron chi connectivity index (χ3n) is 1.49. The smallest absolute Gasteiger partial charge is 0.222 e. The van der Waals surface area contributed by atoms with Gasteiger partial charge in [-0.2, -0.15) is 0 Å². The Kier molecular flexibility index (Phi) is 4.25. The second kappa shape index (κ2) is 5.25. The number of rotatable bonds is 4. The summed E-state index contributed by atoms with van der Waals surface area (Å²) in [6.45, 7) is 2.82. The van der Waals surface area contributed by atoms with Gasteiger partial charge in [0.1, 0.15) is 0 Å². The van der Waals surface area contributed by atoms with E-state index < -0.39 is 0 Å². The fourth-order valence-electron chi connectivity index (χ4n) is 0.724. The van der Waals surface area contributed by atoms with Crippen LogP contribution in [0.25, 0.3) is 0 Å². The lowest BCUT2D eigenvalue weighted by molar-refractivity contribution is 0.692. The predicted molar refractivity (Wildman–Crippen MR) is 55.4 cm³/mol. The van der Waals surface area contributed by atoms with Gasteiger partial charge in [-0.25, -0.2) is 9.97 Å². The van der Waals surface area contributed by atoms with Crippen molar-refractivity contribution in [2.75, 3.05) is 17.7 Å².